The van der Waals surface area contributed by atoms with Gasteiger partial charge in [-0.25, -0.2) is 0 Å². The first kappa shape index (κ1) is 10.1. The van der Waals surface area contributed by atoms with E-state index in [1.807, 2.05) is 0 Å². The summed E-state index contributed by atoms with van der Waals surface area (Å²) in [6, 6.07) is 2.19. The van der Waals surface area contributed by atoms with E-state index in [9.17, 15) is 0 Å². The quantitative estimate of drug-likeness (QED) is 0.830. The Hall–Kier alpha value is -0.380. The smallest absolute Gasteiger partial charge is 0.0800 e. The number of methoxy groups -OCH3 is 1. The first-order valence-electron chi connectivity index (χ1n) is 5.06. The molecule has 2 nitrogen and oxygen atoms in total. The first-order chi connectivity index (χ1) is 6.74. The van der Waals surface area contributed by atoms with Crippen molar-refractivity contribution in [2.24, 2.45) is 11.7 Å². The van der Waals surface area contributed by atoms with E-state index in [1.165, 1.54) is 23.3 Å². The lowest BCUT2D eigenvalue weighted by Gasteiger charge is -2.22. The van der Waals surface area contributed by atoms with Gasteiger partial charge in [-0.1, -0.05) is 0 Å². The van der Waals surface area contributed by atoms with Crippen LogP contribution in [0.4, 0.5) is 0 Å². The normalized spacial score (nSPS) is 20.8. The van der Waals surface area contributed by atoms with Crippen molar-refractivity contribution in [2.75, 3.05) is 7.11 Å². The zero-order valence-electron chi connectivity index (χ0n) is 8.69. The minimum Gasteiger partial charge on any atom is -0.379 e. The van der Waals surface area contributed by atoms with Gasteiger partial charge >= 0.3 is 0 Å². The summed E-state index contributed by atoms with van der Waals surface area (Å²) in [5.74, 6) is 0.691. The van der Waals surface area contributed by atoms with Crippen molar-refractivity contribution in [1.82, 2.24) is 0 Å². The van der Waals surface area contributed by atoms with Crippen molar-refractivity contribution in [1.29, 1.82) is 0 Å². The average molecular weight is 211 g/mol. The minimum absolute atomic E-state index is 0.0625. The van der Waals surface area contributed by atoms with Crippen LogP contribution in [0.5, 0.6) is 0 Å². The molecule has 78 valence electrons. The van der Waals surface area contributed by atoms with Gasteiger partial charge in [-0.15, -0.1) is 11.3 Å². The van der Waals surface area contributed by atoms with Crippen molar-refractivity contribution >= 4 is 11.3 Å². The van der Waals surface area contributed by atoms with E-state index >= 15 is 0 Å². The van der Waals surface area contributed by atoms with Gasteiger partial charge in [0.05, 0.1) is 12.1 Å². The number of ether oxygens (including phenoxy) is 1. The molecule has 1 saturated carbocycles. The zero-order valence-corrected chi connectivity index (χ0v) is 9.51. The van der Waals surface area contributed by atoms with E-state index in [0.717, 1.165) is 0 Å². The van der Waals surface area contributed by atoms with E-state index in [1.54, 1.807) is 18.4 Å². The summed E-state index contributed by atoms with van der Waals surface area (Å²) >= 11 is 1.74. The molecule has 14 heavy (non-hydrogen) atoms. The lowest BCUT2D eigenvalue weighted by atomic mass is 10.0. The molecule has 0 radical (unpaired) electrons. The molecular formula is C11H17NOS. The molecule has 0 bridgehead atoms. The monoisotopic (exact) mass is 211 g/mol. The van der Waals surface area contributed by atoms with Crippen LogP contribution in [0.25, 0.3) is 0 Å². The van der Waals surface area contributed by atoms with Gasteiger partial charge in [0.15, 0.2) is 0 Å². The maximum Gasteiger partial charge on any atom is 0.0800 e. The van der Waals surface area contributed by atoms with E-state index in [4.69, 9.17) is 10.5 Å². The Kier molecular flexibility index (Phi) is 2.91. The Morgan fingerprint density at radius 2 is 2.29 bits per heavy atom. The maximum atomic E-state index is 6.22. The fourth-order valence-corrected chi connectivity index (χ4v) is 2.90. The third-order valence-electron chi connectivity index (χ3n) is 2.92. The Morgan fingerprint density at radius 1 is 1.57 bits per heavy atom. The molecule has 2 unspecified atom stereocenters. The fourth-order valence-electron chi connectivity index (χ4n) is 1.93. The van der Waals surface area contributed by atoms with Crippen LogP contribution < -0.4 is 5.73 Å². The molecular weight excluding hydrogens is 194 g/mol. The predicted molar refractivity (Wildman–Crippen MR) is 59.5 cm³/mol. The average Bonchev–Trinajstić information content (AvgIpc) is 2.90. The molecule has 0 amide bonds. The molecule has 0 aliphatic heterocycles. The molecule has 1 aliphatic rings. The molecule has 1 aliphatic carbocycles. The molecule has 2 atom stereocenters. The van der Waals surface area contributed by atoms with Gasteiger partial charge in [0, 0.05) is 12.0 Å². The molecule has 3 heteroatoms. The Morgan fingerprint density at radius 3 is 2.71 bits per heavy atom. The minimum atomic E-state index is 0.0625. The molecule has 2 rings (SSSR count). The van der Waals surface area contributed by atoms with Crippen molar-refractivity contribution in [3.8, 4) is 0 Å². The molecule has 1 fully saturated rings. The third-order valence-corrected chi connectivity index (χ3v) is 4.04. The molecule has 1 aromatic rings. The van der Waals surface area contributed by atoms with Crippen LogP contribution in [-0.2, 0) is 4.74 Å². The molecule has 1 heterocycles. The second-order valence-electron chi connectivity index (χ2n) is 4.03. The number of hydrogen-bond acceptors (Lipinski definition) is 3. The highest BCUT2D eigenvalue weighted by Crippen LogP contribution is 2.40. The Bertz CT molecular complexity index is 306. The van der Waals surface area contributed by atoms with Crippen LogP contribution in [0.2, 0.25) is 0 Å². The van der Waals surface area contributed by atoms with Crippen molar-refractivity contribution in [3.63, 3.8) is 0 Å². The lowest BCUT2D eigenvalue weighted by Crippen LogP contribution is -2.29. The standard InChI is InChI=1S/C11H17NOS/c1-7-5-6-14-11(7)9(12)10(13-2)8-3-4-8/h5-6,8-10H,3-4,12H2,1-2H3. The third kappa shape index (κ3) is 1.85. The van der Waals surface area contributed by atoms with E-state index in [0.29, 0.717) is 5.92 Å². The lowest BCUT2D eigenvalue weighted by molar-refractivity contribution is 0.0632. The number of aryl methyl sites for hydroxylation is 1. The van der Waals surface area contributed by atoms with E-state index in [2.05, 4.69) is 18.4 Å². The van der Waals surface area contributed by atoms with Crippen LogP contribution in [0.1, 0.15) is 29.3 Å². The number of nitrogens with two attached hydrogens (primary N) is 1. The summed E-state index contributed by atoms with van der Waals surface area (Å²) in [5, 5.41) is 2.10. The van der Waals surface area contributed by atoms with Gasteiger partial charge in [-0.05, 0) is 42.7 Å². The second kappa shape index (κ2) is 4.01. The van der Waals surface area contributed by atoms with Gasteiger partial charge in [-0.3, -0.25) is 0 Å². The fraction of sp³-hybridized carbons (Fsp3) is 0.636. The summed E-state index contributed by atoms with van der Waals surface area (Å²) in [6.45, 7) is 2.12. The van der Waals surface area contributed by atoms with Gasteiger partial charge in [-0.2, -0.15) is 0 Å². The second-order valence-corrected chi connectivity index (χ2v) is 4.98. The van der Waals surface area contributed by atoms with Gasteiger partial charge in [0.2, 0.25) is 0 Å². The van der Waals surface area contributed by atoms with Crippen molar-refractivity contribution in [2.45, 2.75) is 31.9 Å². The Labute approximate surface area is 89.1 Å². The van der Waals surface area contributed by atoms with Gasteiger partial charge in [0.1, 0.15) is 0 Å². The topological polar surface area (TPSA) is 35.2 Å². The summed E-state index contributed by atoms with van der Waals surface area (Å²) in [7, 11) is 1.77. The molecule has 2 N–H and O–H groups in total. The van der Waals surface area contributed by atoms with Crippen LogP contribution >= 0.6 is 11.3 Å². The van der Waals surface area contributed by atoms with E-state index in [-0.39, 0.29) is 12.1 Å². The molecule has 0 spiro atoms. The highest BCUT2D eigenvalue weighted by molar-refractivity contribution is 7.10. The van der Waals surface area contributed by atoms with Crippen LogP contribution in [0, 0.1) is 12.8 Å². The predicted octanol–water partition coefficient (Wildman–Crippen LogP) is 2.48. The van der Waals surface area contributed by atoms with Crippen LogP contribution in [-0.4, -0.2) is 13.2 Å². The summed E-state index contributed by atoms with van der Waals surface area (Å²) in [5.41, 5.74) is 7.52. The largest absolute Gasteiger partial charge is 0.379 e. The number of hydrogen-bond donors (Lipinski definition) is 1. The number of thiophene rings is 1. The number of rotatable bonds is 4. The zero-order chi connectivity index (χ0) is 10.1. The van der Waals surface area contributed by atoms with E-state index < -0.39 is 0 Å². The van der Waals surface area contributed by atoms with Gasteiger partial charge in [0.25, 0.3) is 0 Å². The first-order valence-corrected chi connectivity index (χ1v) is 5.94. The van der Waals surface area contributed by atoms with Crippen LogP contribution in [0.15, 0.2) is 11.4 Å². The SMILES string of the molecule is COC(C1CC1)C(N)c1sccc1C. The van der Waals surface area contributed by atoms with Crippen LogP contribution in [0.3, 0.4) is 0 Å². The van der Waals surface area contributed by atoms with Crippen molar-refractivity contribution in [3.05, 3.63) is 21.9 Å². The highest BCUT2D eigenvalue weighted by Gasteiger charge is 2.36. The maximum absolute atomic E-state index is 6.22. The summed E-state index contributed by atoms with van der Waals surface area (Å²) in [6.07, 6.45) is 2.76. The van der Waals surface area contributed by atoms with Crippen molar-refractivity contribution < 1.29 is 4.74 Å². The molecule has 1 aromatic heterocycles. The van der Waals surface area contributed by atoms with Gasteiger partial charge < -0.3 is 10.5 Å². The highest BCUT2D eigenvalue weighted by atomic mass is 32.1. The molecule has 0 aromatic carbocycles. The Balaban J connectivity index is 2.13. The summed E-state index contributed by atoms with van der Waals surface area (Å²) < 4.78 is 5.50. The summed E-state index contributed by atoms with van der Waals surface area (Å²) in [4.78, 5) is 1.28. The molecule has 0 saturated heterocycles.